The predicted octanol–water partition coefficient (Wildman–Crippen LogP) is 0.801. The van der Waals surface area contributed by atoms with E-state index in [1.807, 2.05) is 20.8 Å². The molecule has 0 fully saturated rings. The molecule has 0 unspecified atom stereocenters. The van der Waals surface area contributed by atoms with Crippen molar-refractivity contribution in [3.05, 3.63) is 6.20 Å². The van der Waals surface area contributed by atoms with E-state index in [4.69, 9.17) is 5.73 Å². The molecule has 0 amide bonds. The van der Waals surface area contributed by atoms with E-state index in [0.29, 0.717) is 6.54 Å². The Balaban J connectivity index is 3.14. The molecule has 1 rings (SSSR count). The SMILES string of the molecule is CCCN(C(C)C)S(=O)(=O)c1cn[nH]c1N. The van der Waals surface area contributed by atoms with Crippen molar-refractivity contribution in [1.29, 1.82) is 0 Å². The fourth-order valence-corrected chi connectivity index (χ4v) is 3.23. The number of nitrogens with zero attached hydrogens (tertiary/aromatic N) is 2. The number of hydrogen-bond acceptors (Lipinski definition) is 4. The lowest BCUT2D eigenvalue weighted by atomic mass is 10.4. The van der Waals surface area contributed by atoms with Gasteiger partial charge in [-0.1, -0.05) is 6.92 Å². The van der Waals surface area contributed by atoms with Crippen LogP contribution in [0, 0.1) is 0 Å². The monoisotopic (exact) mass is 246 g/mol. The van der Waals surface area contributed by atoms with E-state index in [1.54, 1.807) is 0 Å². The average Bonchev–Trinajstić information content (AvgIpc) is 2.60. The molecule has 0 spiro atoms. The lowest BCUT2D eigenvalue weighted by molar-refractivity contribution is 0.354. The van der Waals surface area contributed by atoms with Crippen LogP contribution in [0.25, 0.3) is 0 Å². The molecular formula is C9H18N4O2S. The minimum atomic E-state index is -3.54. The quantitative estimate of drug-likeness (QED) is 0.803. The zero-order valence-electron chi connectivity index (χ0n) is 9.77. The summed E-state index contributed by atoms with van der Waals surface area (Å²) in [5.41, 5.74) is 5.54. The summed E-state index contributed by atoms with van der Waals surface area (Å²) >= 11 is 0. The number of anilines is 1. The van der Waals surface area contributed by atoms with Crippen LogP contribution in [0.1, 0.15) is 27.2 Å². The number of aromatic nitrogens is 2. The minimum Gasteiger partial charge on any atom is -0.383 e. The molecule has 0 saturated heterocycles. The number of nitrogen functional groups attached to an aromatic ring is 1. The van der Waals surface area contributed by atoms with Crippen molar-refractivity contribution in [2.75, 3.05) is 12.3 Å². The van der Waals surface area contributed by atoms with Gasteiger partial charge in [-0.05, 0) is 20.3 Å². The van der Waals surface area contributed by atoms with E-state index in [-0.39, 0.29) is 16.8 Å². The van der Waals surface area contributed by atoms with Crippen LogP contribution in [0.15, 0.2) is 11.1 Å². The van der Waals surface area contributed by atoms with E-state index in [1.165, 1.54) is 10.5 Å². The summed E-state index contributed by atoms with van der Waals surface area (Å²) in [5.74, 6) is 0.0850. The van der Waals surface area contributed by atoms with Gasteiger partial charge in [0.15, 0.2) is 0 Å². The van der Waals surface area contributed by atoms with Crippen LogP contribution in [0.4, 0.5) is 5.82 Å². The van der Waals surface area contributed by atoms with E-state index in [2.05, 4.69) is 10.2 Å². The van der Waals surface area contributed by atoms with E-state index < -0.39 is 10.0 Å². The number of H-pyrrole nitrogens is 1. The molecule has 0 aliphatic heterocycles. The molecule has 7 heteroatoms. The van der Waals surface area contributed by atoms with Crippen LogP contribution in [0.5, 0.6) is 0 Å². The maximum Gasteiger partial charge on any atom is 0.248 e. The van der Waals surface area contributed by atoms with Crippen LogP contribution in [0.3, 0.4) is 0 Å². The largest absolute Gasteiger partial charge is 0.383 e. The molecule has 0 atom stereocenters. The topological polar surface area (TPSA) is 92.1 Å². The van der Waals surface area contributed by atoms with Crippen LogP contribution in [0.2, 0.25) is 0 Å². The van der Waals surface area contributed by atoms with Crippen molar-refractivity contribution in [1.82, 2.24) is 14.5 Å². The van der Waals surface area contributed by atoms with E-state index in [9.17, 15) is 8.42 Å². The van der Waals surface area contributed by atoms with E-state index >= 15 is 0 Å². The summed E-state index contributed by atoms with van der Waals surface area (Å²) in [4.78, 5) is 0.0506. The van der Waals surface area contributed by atoms with Gasteiger partial charge >= 0.3 is 0 Å². The summed E-state index contributed by atoms with van der Waals surface area (Å²) < 4.78 is 25.9. The van der Waals surface area contributed by atoms with Crippen molar-refractivity contribution >= 4 is 15.8 Å². The van der Waals surface area contributed by atoms with Gasteiger partial charge in [-0.25, -0.2) is 8.42 Å². The first kappa shape index (κ1) is 13.0. The van der Waals surface area contributed by atoms with Gasteiger partial charge in [-0.3, -0.25) is 5.10 Å². The van der Waals surface area contributed by atoms with Gasteiger partial charge in [0.1, 0.15) is 10.7 Å². The molecular weight excluding hydrogens is 228 g/mol. The van der Waals surface area contributed by atoms with Crippen LogP contribution in [-0.4, -0.2) is 35.5 Å². The second-order valence-corrected chi connectivity index (χ2v) is 5.72. The molecule has 0 aliphatic rings. The molecule has 0 radical (unpaired) electrons. The molecule has 0 aromatic carbocycles. The molecule has 0 bridgehead atoms. The zero-order valence-corrected chi connectivity index (χ0v) is 10.6. The maximum atomic E-state index is 12.2. The van der Waals surface area contributed by atoms with Gasteiger partial charge in [-0.15, -0.1) is 0 Å². The minimum absolute atomic E-state index is 0.0506. The summed E-state index contributed by atoms with van der Waals surface area (Å²) in [7, 11) is -3.54. The first-order valence-corrected chi connectivity index (χ1v) is 6.66. The van der Waals surface area contributed by atoms with Gasteiger partial charge < -0.3 is 5.73 Å². The Morgan fingerprint density at radius 2 is 2.19 bits per heavy atom. The Bertz CT molecular complexity index is 438. The third-order valence-corrected chi connectivity index (χ3v) is 4.34. The second kappa shape index (κ2) is 4.84. The summed E-state index contributed by atoms with van der Waals surface area (Å²) in [6.07, 6.45) is 2.00. The fourth-order valence-electron chi connectivity index (χ4n) is 1.49. The Morgan fingerprint density at radius 1 is 1.56 bits per heavy atom. The van der Waals surface area contributed by atoms with Crippen LogP contribution >= 0.6 is 0 Å². The lowest BCUT2D eigenvalue weighted by Gasteiger charge is -2.24. The highest BCUT2D eigenvalue weighted by atomic mass is 32.2. The van der Waals surface area contributed by atoms with Crippen molar-refractivity contribution < 1.29 is 8.42 Å². The van der Waals surface area contributed by atoms with Gasteiger partial charge in [-0.2, -0.15) is 9.40 Å². The van der Waals surface area contributed by atoms with Gasteiger partial charge in [0.2, 0.25) is 10.0 Å². The summed E-state index contributed by atoms with van der Waals surface area (Å²) in [5, 5.41) is 6.07. The number of sulfonamides is 1. The first-order chi connectivity index (χ1) is 7.41. The average molecular weight is 246 g/mol. The fraction of sp³-hybridized carbons (Fsp3) is 0.667. The molecule has 1 aromatic heterocycles. The highest BCUT2D eigenvalue weighted by molar-refractivity contribution is 7.89. The molecule has 0 aliphatic carbocycles. The second-order valence-electron chi connectivity index (χ2n) is 3.86. The lowest BCUT2D eigenvalue weighted by Crippen LogP contribution is -2.37. The number of nitrogens with one attached hydrogen (secondary N) is 1. The molecule has 1 aromatic rings. The van der Waals surface area contributed by atoms with Crippen LogP contribution < -0.4 is 5.73 Å². The molecule has 92 valence electrons. The molecule has 6 nitrogen and oxygen atoms in total. The molecule has 16 heavy (non-hydrogen) atoms. The molecule has 0 saturated carbocycles. The maximum absolute atomic E-state index is 12.2. The Labute approximate surface area is 95.9 Å². The first-order valence-electron chi connectivity index (χ1n) is 5.22. The van der Waals surface area contributed by atoms with Crippen LogP contribution in [-0.2, 0) is 10.0 Å². The number of rotatable bonds is 5. The number of aromatic amines is 1. The molecule has 1 heterocycles. The van der Waals surface area contributed by atoms with Crippen molar-refractivity contribution in [3.63, 3.8) is 0 Å². The van der Waals surface area contributed by atoms with Gasteiger partial charge in [0, 0.05) is 12.6 Å². The Hall–Kier alpha value is -1.08. The third-order valence-electron chi connectivity index (χ3n) is 2.24. The summed E-state index contributed by atoms with van der Waals surface area (Å²) in [6, 6.07) is -0.0979. The van der Waals surface area contributed by atoms with Crippen molar-refractivity contribution in [3.8, 4) is 0 Å². The van der Waals surface area contributed by atoms with Crippen molar-refractivity contribution in [2.24, 2.45) is 0 Å². The van der Waals surface area contributed by atoms with E-state index in [0.717, 1.165) is 6.42 Å². The zero-order chi connectivity index (χ0) is 12.3. The van der Waals surface area contributed by atoms with Gasteiger partial charge in [0.25, 0.3) is 0 Å². The highest BCUT2D eigenvalue weighted by Gasteiger charge is 2.29. The smallest absolute Gasteiger partial charge is 0.248 e. The standard InChI is InChI=1S/C9H18N4O2S/c1-4-5-13(7(2)3)16(14,15)8-6-11-12-9(8)10/h6-7H,4-5H2,1-3H3,(H3,10,11,12). The normalized spacial score (nSPS) is 12.6. The number of nitrogens with two attached hydrogens (primary N) is 1. The Morgan fingerprint density at radius 3 is 2.56 bits per heavy atom. The van der Waals surface area contributed by atoms with Gasteiger partial charge in [0.05, 0.1) is 6.20 Å². The number of hydrogen-bond donors (Lipinski definition) is 2. The third kappa shape index (κ3) is 2.35. The van der Waals surface area contributed by atoms with Crippen molar-refractivity contribution in [2.45, 2.75) is 38.1 Å². The Kier molecular flexibility index (Phi) is 3.93. The highest BCUT2D eigenvalue weighted by Crippen LogP contribution is 2.21. The molecule has 3 N–H and O–H groups in total. The summed E-state index contributed by atoms with van der Waals surface area (Å²) in [6.45, 7) is 6.08. The predicted molar refractivity (Wildman–Crippen MR) is 62.3 cm³/mol.